The Morgan fingerprint density at radius 1 is 0.367 bits per heavy atom. The van der Waals surface area contributed by atoms with E-state index in [4.69, 9.17) is 0 Å². The van der Waals surface area contributed by atoms with E-state index in [1.807, 2.05) is 60.9 Å². The van der Waals surface area contributed by atoms with Crippen LogP contribution in [0.5, 0.6) is 0 Å². The fourth-order valence-corrected chi connectivity index (χ4v) is 3.34. The Hall–Kier alpha value is -4.18. The first kappa shape index (κ1) is 17.9. The number of aromatic nitrogens is 4. The van der Waals surface area contributed by atoms with Crippen molar-refractivity contribution in [3.05, 3.63) is 110 Å². The van der Waals surface area contributed by atoms with Crippen molar-refractivity contribution in [2.75, 3.05) is 0 Å². The molecule has 5 aromatic rings. The molecule has 0 spiro atoms. The molecule has 0 aliphatic rings. The van der Waals surface area contributed by atoms with Gasteiger partial charge in [-0.15, -0.1) is 0 Å². The van der Waals surface area contributed by atoms with Gasteiger partial charge in [0, 0.05) is 35.9 Å². The van der Waals surface area contributed by atoms with Gasteiger partial charge in [-0.3, -0.25) is 19.9 Å². The number of rotatable bonds is 4. The highest BCUT2D eigenvalue weighted by Gasteiger charge is 2.06. The first-order valence-electron chi connectivity index (χ1n) is 9.72. The molecule has 0 amide bonds. The summed E-state index contributed by atoms with van der Waals surface area (Å²) in [6, 6.07) is 28.3. The molecule has 0 saturated carbocycles. The van der Waals surface area contributed by atoms with E-state index >= 15 is 0 Å². The summed E-state index contributed by atoms with van der Waals surface area (Å²) in [7, 11) is 0. The van der Waals surface area contributed by atoms with Crippen LogP contribution in [0.4, 0.5) is 0 Å². The summed E-state index contributed by atoms with van der Waals surface area (Å²) in [5.41, 5.74) is 7.83. The van der Waals surface area contributed by atoms with Gasteiger partial charge in [0.25, 0.3) is 0 Å². The molecule has 0 fully saturated rings. The van der Waals surface area contributed by atoms with Crippen molar-refractivity contribution >= 4 is 0 Å². The van der Waals surface area contributed by atoms with E-state index < -0.39 is 0 Å². The summed E-state index contributed by atoms with van der Waals surface area (Å²) >= 11 is 0. The van der Waals surface area contributed by atoms with Crippen LogP contribution in [0, 0.1) is 0 Å². The second-order valence-electron chi connectivity index (χ2n) is 6.87. The topological polar surface area (TPSA) is 51.6 Å². The van der Waals surface area contributed by atoms with Crippen LogP contribution in [0.2, 0.25) is 0 Å². The van der Waals surface area contributed by atoms with Gasteiger partial charge in [0.15, 0.2) is 0 Å². The third-order valence-electron chi connectivity index (χ3n) is 4.91. The minimum absolute atomic E-state index is 0.866. The Bertz CT molecular complexity index is 1150. The summed E-state index contributed by atoms with van der Waals surface area (Å²) < 4.78 is 0. The minimum atomic E-state index is 0.866. The van der Waals surface area contributed by atoms with Crippen molar-refractivity contribution < 1.29 is 0 Å². The van der Waals surface area contributed by atoms with Crippen molar-refractivity contribution in [3.63, 3.8) is 0 Å². The van der Waals surface area contributed by atoms with Crippen LogP contribution in [0.3, 0.4) is 0 Å². The molecule has 5 rings (SSSR count). The zero-order valence-corrected chi connectivity index (χ0v) is 16.2. The van der Waals surface area contributed by atoms with E-state index in [0.29, 0.717) is 0 Å². The first-order valence-corrected chi connectivity index (χ1v) is 9.72. The van der Waals surface area contributed by atoms with E-state index in [2.05, 4.69) is 56.3 Å². The molecule has 0 N–H and O–H groups in total. The lowest BCUT2D eigenvalue weighted by molar-refractivity contribution is 1.25. The molecule has 1 aromatic carbocycles. The molecule has 0 atom stereocenters. The molecule has 0 unspecified atom stereocenters. The molecular formula is C26H18N4. The minimum Gasteiger partial charge on any atom is -0.255 e. The van der Waals surface area contributed by atoms with Crippen LogP contribution < -0.4 is 0 Å². The molecule has 4 nitrogen and oxygen atoms in total. The lowest BCUT2D eigenvalue weighted by Gasteiger charge is -2.07. The van der Waals surface area contributed by atoms with E-state index in [1.54, 1.807) is 12.4 Å². The maximum absolute atomic E-state index is 4.59. The molecule has 30 heavy (non-hydrogen) atoms. The summed E-state index contributed by atoms with van der Waals surface area (Å²) in [4.78, 5) is 17.9. The zero-order valence-electron chi connectivity index (χ0n) is 16.2. The van der Waals surface area contributed by atoms with Crippen molar-refractivity contribution in [2.45, 2.75) is 0 Å². The molecule has 4 aromatic heterocycles. The monoisotopic (exact) mass is 386 g/mol. The SMILES string of the molecule is c1ccc(-c2ccc(-c3cccc(-c4ccc(-c5ccccn5)nc4)c3)cn2)nc1. The van der Waals surface area contributed by atoms with Crippen molar-refractivity contribution in [1.29, 1.82) is 0 Å². The Labute approximate surface area is 175 Å². The normalized spacial score (nSPS) is 10.7. The number of nitrogens with zero attached hydrogens (tertiary/aromatic N) is 4. The van der Waals surface area contributed by atoms with E-state index in [1.165, 1.54) is 0 Å². The lowest BCUT2D eigenvalue weighted by atomic mass is 10.0. The molecule has 0 bridgehead atoms. The number of hydrogen-bond donors (Lipinski definition) is 0. The summed E-state index contributed by atoms with van der Waals surface area (Å²) in [5, 5.41) is 0. The number of benzene rings is 1. The standard InChI is InChI=1S/C26H18N4/c1-3-14-27-23(8-1)25-12-10-21(17-29-25)19-6-5-7-20(16-19)22-11-13-26(30-18-22)24-9-2-4-15-28-24/h1-18H. The molecule has 4 heteroatoms. The molecule has 0 radical (unpaired) electrons. The quantitative estimate of drug-likeness (QED) is 0.384. The highest BCUT2D eigenvalue weighted by atomic mass is 14.8. The van der Waals surface area contributed by atoms with E-state index in [0.717, 1.165) is 45.0 Å². The average molecular weight is 386 g/mol. The second kappa shape index (κ2) is 8.05. The van der Waals surface area contributed by atoms with Gasteiger partial charge in [-0.05, 0) is 53.6 Å². The third-order valence-corrected chi connectivity index (χ3v) is 4.91. The summed E-state index contributed by atoms with van der Waals surface area (Å²) in [5.74, 6) is 0. The van der Waals surface area contributed by atoms with E-state index in [9.17, 15) is 0 Å². The highest BCUT2D eigenvalue weighted by molar-refractivity contribution is 5.73. The molecule has 0 saturated heterocycles. The Kier molecular flexibility index (Phi) is 4.80. The molecule has 0 aliphatic carbocycles. The Balaban J connectivity index is 1.42. The van der Waals surface area contributed by atoms with Gasteiger partial charge in [0.1, 0.15) is 0 Å². The van der Waals surface area contributed by atoms with Gasteiger partial charge in [0.05, 0.1) is 22.8 Å². The first-order chi connectivity index (χ1) is 14.9. The third kappa shape index (κ3) is 3.71. The molecule has 142 valence electrons. The van der Waals surface area contributed by atoms with Crippen molar-refractivity contribution in [2.24, 2.45) is 0 Å². The highest BCUT2D eigenvalue weighted by Crippen LogP contribution is 2.27. The lowest BCUT2D eigenvalue weighted by Crippen LogP contribution is -1.89. The number of hydrogen-bond acceptors (Lipinski definition) is 4. The Morgan fingerprint density at radius 3 is 1.27 bits per heavy atom. The van der Waals surface area contributed by atoms with Gasteiger partial charge in [-0.2, -0.15) is 0 Å². The van der Waals surface area contributed by atoms with E-state index in [-0.39, 0.29) is 0 Å². The second-order valence-corrected chi connectivity index (χ2v) is 6.87. The smallest absolute Gasteiger partial charge is 0.0886 e. The summed E-state index contributed by atoms with van der Waals surface area (Å²) in [6.45, 7) is 0. The Morgan fingerprint density at radius 2 is 0.867 bits per heavy atom. The van der Waals surface area contributed by atoms with Crippen LogP contribution in [0.1, 0.15) is 0 Å². The van der Waals surface area contributed by atoms with Crippen molar-refractivity contribution in [1.82, 2.24) is 19.9 Å². The van der Waals surface area contributed by atoms with Gasteiger partial charge >= 0.3 is 0 Å². The number of pyridine rings is 4. The van der Waals surface area contributed by atoms with Crippen LogP contribution in [-0.2, 0) is 0 Å². The molecule has 4 heterocycles. The zero-order chi connectivity index (χ0) is 20.2. The van der Waals surface area contributed by atoms with Crippen molar-refractivity contribution in [3.8, 4) is 45.0 Å². The fourth-order valence-electron chi connectivity index (χ4n) is 3.34. The molecular weight excluding hydrogens is 368 g/mol. The van der Waals surface area contributed by atoms with Gasteiger partial charge in [-0.25, -0.2) is 0 Å². The van der Waals surface area contributed by atoms with Crippen LogP contribution in [0.15, 0.2) is 110 Å². The van der Waals surface area contributed by atoms with Crippen LogP contribution in [-0.4, -0.2) is 19.9 Å². The average Bonchev–Trinajstić information content (AvgIpc) is 2.85. The predicted octanol–water partition coefficient (Wildman–Crippen LogP) is 5.93. The largest absolute Gasteiger partial charge is 0.255 e. The van der Waals surface area contributed by atoms with Gasteiger partial charge < -0.3 is 0 Å². The van der Waals surface area contributed by atoms with Crippen LogP contribution >= 0.6 is 0 Å². The fraction of sp³-hybridized carbons (Fsp3) is 0. The summed E-state index contributed by atoms with van der Waals surface area (Å²) in [6.07, 6.45) is 7.35. The van der Waals surface area contributed by atoms with Gasteiger partial charge in [-0.1, -0.05) is 42.5 Å². The van der Waals surface area contributed by atoms with Gasteiger partial charge in [0.2, 0.25) is 0 Å². The molecule has 0 aliphatic heterocycles. The van der Waals surface area contributed by atoms with Crippen LogP contribution in [0.25, 0.3) is 45.0 Å². The maximum atomic E-state index is 4.59. The maximum Gasteiger partial charge on any atom is 0.0886 e. The predicted molar refractivity (Wildman–Crippen MR) is 119 cm³/mol.